The molecule has 9 nitrogen and oxygen atoms in total. The number of aliphatic hydroxyl groups is 1. The minimum Gasteiger partial charge on any atom is -0.373 e. The molecule has 0 aliphatic carbocycles. The van der Waals surface area contributed by atoms with Gasteiger partial charge in [-0.25, -0.2) is 9.36 Å². The molecule has 0 radical (unpaired) electrons. The molecule has 0 amide bonds. The fourth-order valence-corrected chi connectivity index (χ4v) is 3.65. The molecule has 0 aliphatic heterocycles. The van der Waals surface area contributed by atoms with E-state index < -0.39 is 5.60 Å². The largest absolute Gasteiger partial charge is 0.373 e. The highest BCUT2D eigenvalue weighted by molar-refractivity contribution is 5.41. The average Bonchev–Trinajstić information content (AvgIpc) is 3.57. The van der Waals surface area contributed by atoms with Crippen molar-refractivity contribution in [1.29, 1.82) is 0 Å². The Morgan fingerprint density at radius 1 is 0.633 bits per heavy atom. The lowest BCUT2D eigenvalue weighted by atomic mass is 9.87. The number of hydrogen-bond acceptors (Lipinski definition) is 5. The van der Waals surface area contributed by atoms with Crippen LogP contribution in [0.5, 0.6) is 0 Å². The topological polar surface area (TPSA) is 91.5 Å². The quantitative estimate of drug-likeness (QED) is 0.450. The van der Waals surface area contributed by atoms with Crippen LogP contribution < -0.4 is 0 Å². The molecule has 0 fully saturated rings. The van der Waals surface area contributed by atoms with Gasteiger partial charge in [0.15, 0.2) is 5.60 Å². The van der Waals surface area contributed by atoms with E-state index >= 15 is 0 Å². The van der Waals surface area contributed by atoms with E-state index in [2.05, 4.69) is 20.4 Å². The molecule has 0 bridgehead atoms. The third kappa shape index (κ3) is 3.11. The van der Waals surface area contributed by atoms with Crippen LogP contribution in [-0.4, -0.2) is 44.2 Å². The third-order valence-electron chi connectivity index (χ3n) is 5.04. The Bertz CT molecular complexity index is 1130. The van der Waals surface area contributed by atoms with Crippen LogP contribution in [0.25, 0.3) is 0 Å². The van der Waals surface area contributed by atoms with Gasteiger partial charge in [0, 0.05) is 37.2 Å². The Hall–Kier alpha value is -3.98. The number of benzene rings is 1. The van der Waals surface area contributed by atoms with E-state index in [1.165, 1.54) is 0 Å². The zero-order valence-corrected chi connectivity index (χ0v) is 16.1. The Morgan fingerprint density at radius 2 is 1.17 bits per heavy atom. The minimum absolute atomic E-state index is 0.373. The Kier molecular flexibility index (Phi) is 4.49. The van der Waals surface area contributed by atoms with Gasteiger partial charge in [0.1, 0.15) is 13.3 Å². The normalized spacial score (nSPS) is 11.8. The van der Waals surface area contributed by atoms with Crippen molar-refractivity contribution < 1.29 is 5.11 Å². The molecule has 4 heterocycles. The highest BCUT2D eigenvalue weighted by atomic mass is 16.3. The van der Waals surface area contributed by atoms with Crippen molar-refractivity contribution in [3.63, 3.8) is 0 Å². The molecule has 5 rings (SSSR count). The number of rotatable bonds is 7. The van der Waals surface area contributed by atoms with Crippen molar-refractivity contribution in [3.8, 4) is 0 Å². The summed E-state index contributed by atoms with van der Waals surface area (Å²) in [5.41, 5.74) is 0.474. The monoisotopic (exact) mass is 400 g/mol. The molecule has 1 N–H and O–H groups in total. The number of hydrogen-bond donors (Lipinski definition) is 1. The fraction of sp³-hybridized carbons (Fsp3) is 0.143. The van der Waals surface area contributed by atoms with Gasteiger partial charge in [0.2, 0.25) is 0 Å². The van der Waals surface area contributed by atoms with Gasteiger partial charge in [-0.2, -0.15) is 20.4 Å². The van der Waals surface area contributed by atoms with Crippen molar-refractivity contribution in [1.82, 2.24) is 39.1 Å². The standard InChI is InChI=1S/C21H20N8O/c30-21(18-6-2-1-3-7-18,19-8-12-24-28(19)16-26-14-4-10-22-26)20-9-13-25-29(20)17-27-15-5-11-23-27/h1-15,30H,16-17H2. The van der Waals surface area contributed by atoms with Crippen LogP contribution in [0, 0.1) is 0 Å². The molecule has 0 saturated heterocycles. The molecule has 1 aromatic carbocycles. The summed E-state index contributed by atoms with van der Waals surface area (Å²) < 4.78 is 6.99. The van der Waals surface area contributed by atoms with E-state index in [1.807, 2.05) is 67.0 Å². The Balaban J connectivity index is 1.64. The van der Waals surface area contributed by atoms with Crippen molar-refractivity contribution in [2.45, 2.75) is 18.9 Å². The molecule has 0 atom stereocenters. The van der Waals surface area contributed by atoms with E-state index in [0.29, 0.717) is 24.7 Å². The predicted octanol–water partition coefficient (Wildman–Crippen LogP) is 1.77. The summed E-state index contributed by atoms with van der Waals surface area (Å²) in [6.07, 6.45) is 10.5. The molecule has 0 spiro atoms. The second-order valence-electron chi connectivity index (χ2n) is 6.88. The summed E-state index contributed by atoms with van der Waals surface area (Å²) >= 11 is 0. The number of aromatic nitrogens is 8. The van der Waals surface area contributed by atoms with Gasteiger partial charge in [0.05, 0.1) is 11.4 Å². The Morgan fingerprint density at radius 3 is 1.63 bits per heavy atom. The first kappa shape index (κ1) is 18.1. The second-order valence-corrected chi connectivity index (χ2v) is 6.88. The molecule has 30 heavy (non-hydrogen) atoms. The molecule has 4 aromatic heterocycles. The molecule has 9 heteroatoms. The first-order chi connectivity index (χ1) is 14.7. The van der Waals surface area contributed by atoms with Crippen molar-refractivity contribution in [2.24, 2.45) is 0 Å². The molecule has 0 aliphatic rings. The zero-order chi connectivity index (χ0) is 20.4. The Labute approximate surface area is 172 Å². The van der Waals surface area contributed by atoms with Crippen LogP contribution in [-0.2, 0) is 18.9 Å². The minimum atomic E-state index is -1.48. The van der Waals surface area contributed by atoms with Gasteiger partial charge in [-0.15, -0.1) is 0 Å². The fourth-order valence-electron chi connectivity index (χ4n) is 3.65. The maximum absolute atomic E-state index is 12.2. The SMILES string of the molecule is OC(c1ccccc1)(c1ccnn1Cn1cccn1)c1ccnn1Cn1cccn1. The van der Waals surface area contributed by atoms with Crippen LogP contribution in [0.1, 0.15) is 17.0 Å². The van der Waals surface area contributed by atoms with Crippen LogP contribution >= 0.6 is 0 Å². The molecule has 150 valence electrons. The highest BCUT2D eigenvalue weighted by Crippen LogP contribution is 2.36. The number of nitrogens with zero attached hydrogens (tertiary/aromatic N) is 8. The van der Waals surface area contributed by atoms with Gasteiger partial charge >= 0.3 is 0 Å². The molecule has 0 saturated carbocycles. The maximum Gasteiger partial charge on any atom is 0.173 e. The summed E-state index contributed by atoms with van der Waals surface area (Å²) in [6, 6.07) is 16.9. The lowest BCUT2D eigenvalue weighted by Gasteiger charge is -2.30. The first-order valence-corrected chi connectivity index (χ1v) is 9.52. The summed E-state index contributed by atoms with van der Waals surface area (Å²) in [5.74, 6) is 0. The van der Waals surface area contributed by atoms with Crippen LogP contribution in [0.3, 0.4) is 0 Å². The predicted molar refractivity (Wildman–Crippen MR) is 108 cm³/mol. The van der Waals surface area contributed by atoms with Gasteiger partial charge in [-0.1, -0.05) is 30.3 Å². The van der Waals surface area contributed by atoms with Crippen LogP contribution in [0.4, 0.5) is 0 Å². The van der Waals surface area contributed by atoms with Gasteiger partial charge < -0.3 is 5.11 Å². The lowest BCUT2D eigenvalue weighted by Crippen LogP contribution is -2.36. The molecule has 5 aromatic rings. The van der Waals surface area contributed by atoms with E-state index in [-0.39, 0.29) is 0 Å². The van der Waals surface area contributed by atoms with E-state index in [9.17, 15) is 5.11 Å². The van der Waals surface area contributed by atoms with Gasteiger partial charge in [0.25, 0.3) is 0 Å². The maximum atomic E-state index is 12.2. The molecular formula is C21H20N8O. The summed E-state index contributed by atoms with van der Waals surface area (Å²) in [5, 5.41) is 29.7. The first-order valence-electron chi connectivity index (χ1n) is 9.52. The zero-order valence-electron chi connectivity index (χ0n) is 16.1. The smallest absolute Gasteiger partial charge is 0.173 e. The second kappa shape index (κ2) is 7.45. The van der Waals surface area contributed by atoms with Crippen LogP contribution in [0.15, 0.2) is 91.8 Å². The van der Waals surface area contributed by atoms with Crippen molar-refractivity contribution in [2.75, 3.05) is 0 Å². The van der Waals surface area contributed by atoms with Gasteiger partial charge in [-0.05, 0) is 29.8 Å². The summed E-state index contributed by atoms with van der Waals surface area (Å²) in [7, 11) is 0. The van der Waals surface area contributed by atoms with Gasteiger partial charge in [-0.3, -0.25) is 9.36 Å². The van der Waals surface area contributed by atoms with Crippen molar-refractivity contribution >= 4 is 0 Å². The summed E-state index contributed by atoms with van der Waals surface area (Å²) in [4.78, 5) is 0. The van der Waals surface area contributed by atoms with E-state index in [0.717, 1.165) is 5.56 Å². The summed E-state index contributed by atoms with van der Waals surface area (Å²) in [6.45, 7) is 0.746. The van der Waals surface area contributed by atoms with Crippen molar-refractivity contribution in [3.05, 3.63) is 109 Å². The lowest BCUT2D eigenvalue weighted by molar-refractivity contribution is 0.102. The molecular weight excluding hydrogens is 380 g/mol. The van der Waals surface area contributed by atoms with E-state index in [1.54, 1.807) is 43.5 Å². The van der Waals surface area contributed by atoms with Crippen LogP contribution in [0.2, 0.25) is 0 Å². The highest BCUT2D eigenvalue weighted by Gasteiger charge is 2.40. The van der Waals surface area contributed by atoms with E-state index in [4.69, 9.17) is 0 Å². The average molecular weight is 400 g/mol. The third-order valence-corrected chi connectivity index (χ3v) is 5.04. The molecule has 0 unspecified atom stereocenters.